The van der Waals surface area contributed by atoms with Crippen LogP contribution in [0.2, 0.25) is 0 Å². The van der Waals surface area contributed by atoms with E-state index in [4.69, 9.17) is 4.74 Å². The number of benzene rings is 2. The zero-order valence-electron chi connectivity index (χ0n) is 9.54. The van der Waals surface area contributed by atoms with E-state index in [-0.39, 0.29) is 5.78 Å². The maximum absolute atomic E-state index is 11.2. The van der Waals surface area contributed by atoms with Crippen LogP contribution >= 0.6 is 37.2 Å². The van der Waals surface area contributed by atoms with Gasteiger partial charge in [0.25, 0.3) is 0 Å². The molecule has 0 unspecified atom stereocenters. The summed E-state index contributed by atoms with van der Waals surface area (Å²) < 4.78 is 5.13. The highest BCUT2D eigenvalue weighted by molar-refractivity contribution is 15.0. The molecule has 0 saturated heterocycles. The Morgan fingerprint density at radius 1 is 1.06 bits per heavy atom. The largest absolute Gasteiger partial charge is 0.497 e. The van der Waals surface area contributed by atoms with Crippen LogP contribution in [0.25, 0.3) is 10.8 Å². The molecule has 17 heavy (non-hydrogen) atoms. The fraction of sp³-hybridized carbons (Fsp3) is 0.154. The third kappa shape index (κ3) is 3.80. The van der Waals surface area contributed by atoms with Crippen molar-refractivity contribution in [3.8, 4) is 5.75 Å². The molecule has 0 aliphatic heterocycles. The second kappa shape index (κ2) is 7.15. The van der Waals surface area contributed by atoms with Gasteiger partial charge in [0, 0.05) is 42.8 Å². The molecule has 0 aliphatic rings. The highest BCUT2D eigenvalue weighted by Crippen LogP contribution is 2.21. The monoisotopic (exact) mass is 454 g/mol. The van der Waals surface area contributed by atoms with Gasteiger partial charge in [-0.15, -0.1) is 0 Å². The topological polar surface area (TPSA) is 26.3 Å². The average molecular weight is 454 g/mol. The first-order chi connectivity index (χ1) is 8.20. The van der Waals surface area contributed by atoms with Crippen LogP contribution in [0.5, 0.6) is 5.75 Å². The van der Waals surface area contributed by atoms with Gasteiger partial charge in [-0.2, -0.15) is 0 Å². The van der Waals surface area contributed by atoms with Gasteiger partial charge in [0.05, 0.1) is 7.11 Å². The van der Waals surface area contributed by atoms with Gasteiger partial charge in [0.2, 0.25) is 0 Å². The van der Waals surface area contributed by atoms with E-state index < -0.39 is 0 Å². The summed E-state index contributed by atoms with van der Waals surface area (Å²) in [5.74, 6) is 0.922. The molecule has 0 radical (unpaired) electrons. The Hall–Kier alpha value is -0.370. The summed E-state index contributed by atoms with van der Waals surface area (Å²) in [4.78, 5) is 11.2. The molecule has 0 fully saturated rings. The highest BCUT2D eigenvalue weighted by atomic mass is 128. The molecular weight excluding hydrogens is 442 g/mol. The molecule has 0 heterocycles. The number of carbonyl (C=O) groups excluding carboxylic acids is 1. The second-order valence-electron chi connectivity index (χ2n) is 3.48. The van der Waals surface area contributed by atoms with Crippen LogP contribution in [0.1, 0.15) is 17.3 Å². The van der Waals surface area contributed by atoms with Crippen LogP contribution in [0.15, 0.2) is 36.4 Å². The number of ether oxygens (including phenoxy) is 1. The zero-order valence-corrected chi connectivity index (χ0v) is 13.9. The minimum Gasteiger partial charge on any atom is -0.497 e. The molecule has 2 aromatic carbocycles. The minimum absolute atomic E-state index is 0.0905. The number of carbonyl (C=O) groups is 1. The fourth-order valence-corrected chi connectivity index (χ4v) is 1.57. The molecule has 0 atom stereocenters. The lowest BCUT2D eigenvalue weighted by Crippen LogP contribution is -1.91. The SMILES string of the molecule is COc1ccc2cc(C(C)=O)ccc2c1.II. The van der Waals surface area contributed by atoms with Crippen LogP contribution in [-0.4, -0.2) is 12.9 Å². The molecule has 0 N–H and O–H groups in total. The van der Waals surface area contributed by atoms with E-state index >= 15 is 0 Å². The molecule has 4 heteroatoms. The van der Waals surface area contributed by atoms with Gasteiger partial charge >= 0.3 is 0 Å². The Labute approximate surface area is 124 Å². The van der Waals surface area contributed by atoms with Crippen molar-refractivity contribution in [3.63, 3.8) is 0 Å². The summed E-state index contributed by atoms with van der Waals surface area (Å²) in [5, 5.41) is 2.14. The number of fused-ring (bicyclic) bond motifs is 1. The maximum atomic E-state index is 11.2. The Morgan fingerprint density at radius 3 is 2.24 bits per heavy atom. The standard InChI is InChI=1S/C13H12O2.I2/c1-9(14)10-3-4-12-8-13(15-2)6-5-11(12)7-10;1-2/h3-8H,1-2H3;. The Balaban J connectivity index is 0.000000686. The summed E-state index contributed by atoms with van der Waals surface area (Å²) in [5.41, 5.74) is 0.743. The smallest absolute Gasteiger partial charge is 0.159 e. The van der Waals surface area contributed by atoms with Crippen molar-refractivity contribution in [3.05, 3.63) is 42.0 Å². The van der Waals surface area contributed by atoms with Gasteiger partial charge in [-0.05, 0) is 35.9 Å². The van der Waals surface area contributed by atoms with Crippen molar-refractivity contribution in [1.82, 2.24) is 0 Å². The van der Waals surface area contributed by atoms with Crippen LogP contribution in [-0.2, 0) is 0 Å². The first kappa shape index (κ1) is 14.7. The van der Waals surface area contributed by atoms with E-state index in [9.17, 15) is 4.79 Å². The van der Waals surface area contributed by atoms with Gasteiger partial charge in [-0.1, -0.05) is 18.2 Å². The van der Waals surface area contributed by atoms with E-state index in [1.165, 1.54) is 0 Å². The maximum Gasteiger partial charge on any atom is 0.159 e. The molecule has 0 spiro atoms. The van der Waals surface area contributed by atoms with Gasteiger partial charge in [-0.25, -0.2) is 0 Å². The van der Waals surface area contributed by atoms with Crippen molar-refractivity contribution >= 4 is 53.8 Å². The second-order valence-corrected chi connectivity index (χ2v) is 3.48. The number of Topliss-reactive ketones (excluding diaryl/α,β-unsaturated/α-hetero) is 1. The molecule has 2 nitrogen and oxygen atoms in total. The average Bonchev–Trinajstić information content (AvgIpc) is 2.39. The van der Waals surface area contributed by atoms with Crippen molar-refractivity contribution < 1.29 is 9.53 Å². The van der Waals surface area contributed by atoms with Crippen molar-refractivity contribution in [2.24, 2.45) is 0 Å². The summed E-state index contributed by atoms with van der Waals surface area (Å²) in [6.07, 6.45) is 0. The third-order valence-electron chi connectivity index (χ3n) is 2.45. The molecule has 0 saturated carbocycles. The lowest BCUT2D eigenvalue weighted by Gasteiger charge is -2.03. The predicted octanol–water partition coefficient (Wildman–Crippen LogP) is 4.82. The van der Waals surface area contributed by atoms with Gasteiger partial charge < -0.3 is 4.74 Å². The van der Waals surface area contributed by atoms with E-state index in [0.717, 1.165) is 22.1 Å². The van der Waals surface area contributed by atoms with E-state index in [1.807, 2.05) is 36.4 Å². The molecule has 90 valence electrons. The third-order valence-corrected chi connectivity index (χ3v) is 2.45. The van der Waals surface area contributed by atoms with Crippen LogP contribution < -0.4 is 4.74 Å². The summed E-state index contributed by atoms with van der Waals surface area (Å²) in [7, 11) is 1.64. The zero-order chi connectivity index (χ0) is 12.8. The van der Waals surface area contributed by atoms with Crippen LogP contribution in [0.3, 0.4) is 0 Å². The van der Waals surface area contributed by atoms with E-state index in [1.54, 1.807) is 14.0 Å². The lowest BCUT2D eigenvalue weighted by atomic mass is 10.0. The summed E-state index contributed by atoms with van der Waals surface area (Å²) >= 11 is 4.24. The van der Waals surface area contributed by atoms with Crippen molar-refractivity contribution in [2.75, 3.05) is 7.11 Å². The molecule has 0 aliphatic carbocycles. The quantitative estimate of drug-likeness (QED) is 0.481. The lowest BCUT2D eigenvalue weighted by molar-refractivity contribution is 0.101. The van der Waals surface area contributed by atoms with Gasteiger partial charge in [-0.3, -0.25) is 4.79 Å². The van der Waals surface area contributed by atoms with Crippen LogP contribution in [0.4, 0.5) is 0 Å². The molecule has 2 aromatic rings. The van der Waals surface area contributed by atoms with E-state index in [0.29, 0.717) is 0 Å². The fourth-order valence-electron chi connectivity index (χ4n) is 1.57. The van der Waals surface area contributed by atoms with Gasteiger partial charge in [0.1, 0.15) is 5.75 Å². The molecule has 2 rings (SSSR count). The molecule has 0 aromatic heterocycles. The number of hydrogen-bond donors (Lipinski definition) is 0. The summed E-state index contributed by atoms with van der Waals surface area (Å²) in [6.45, 7) is 1.57. The van der Waals surface area contributed by atoms with Crippen LogP contribution in [0, 0.1) is 0 Å². The Morgan fingerprint density at radius 2 is 1.65 bits per heavy atom. The number of methoxy groups -OCH3 is 1. The van der Waals surface area contributed by atoms with E-state index in [2.05, 4.69) is 37.2 Å². The summed E-state index contributed by atoms with van der Waals surface area (Å²) in [6, 6.07) is 11.5. The predicted molar refractivity (Wildman–Crippen MR) is 88.5 cm³/mol. The molecular formula is C13H12I2O2. The Bertz CT molecular complexity index is 524. The van der Waals surface area contributed by atoms with Crippen molar-refractivity contribution in [1.29, 1.82) is 0 Å². The first-order valence-corrected chi connectivity index (χ1v) is 11.2. The number of rotatable bonds is 2. The number of hydrogen-bond acceptors (Lipinski definition) is 2. The first-order valence-electron chi connectivity index (χ1n) is 4.94. The Kier molecular flexibility index (Phi) is 6.18. The van der Waals surface area contributed by atoms with Gasteiger partial charge in [0.15, 0.2) is 5.78 Å². The number of halogens is 2. The normalized spacial score (nSPS) is 9.41. The highest BCUT2D eigenvalue weighted by Gasteiger charge is 2.01. The minimum atomic E-state index is 0.0905. The molecule has 0 amide bonds. The number of ketones is 1. The van der Waals surface area contributed by atoms with Crippen molar-refractivity contribution in [2.45, 2.75) is 6.92 Å². The molecule has 0 bridgehead atoms.